The molecular weight excluding hydrogens is 663 g/mol. The molecule has 248 valence electrons. The van der Waals surface area contributed by atoms with E-state index in [1.165, 1.54) is 6.07 Å². The lowest BCUT2D eigenvalue weighted by Crippen LogP contribution is -2.10. The van der Waals surface area contributed by atoms with Crippen molar-refractivity contribution >= 4 is 92.1 Å². The van der Waals surface area contributed by atoms with E-state index >= 15 is 0 Å². The van der Waals surface area contributed by atoms with Crippen LogP contribution in [0.1, 0.15) is 13.7 Å². The maximum absolute atomic E-state index is 8.98. The third kappa shape index (κ3) is 4.93. The Morgan fingerprint density at radius 2 is 1.02 bits per heavy atom. The number of hydrogen-bond donors (Lipinski definition) is 0. The fourth-order valence-electron chi connectivity index (χ4n) is 7.53. The van der Waals surface area contributed by atoms with Crippen LogP contribution in [0, 0.1) is 0 Å². The molecule has 0 amide bonds. The van der Waals surface area contributed by atoms with Gasteiger partial charge in [-0.3, -0.25) is 0 Å². The van der Waals surface area contributed by atoms with Gasteiger partial charge in [0.25, 0.3) is 0 Å². The van der Waals surface area contributed by atoms with Crippen molar-refractivity contribution in [2.24, 2.45) is 0 Å². The second kappa shape index (κ2) is 11.9. The molecule has 0 saturated carbocycles. The molecule has 0 bridgehead atoms. The zero-order valence-electron chi connectivity index (χ0n) is 37.9. The molecule has 0 atom stereocenters. The molecule has 0 N–H and O–H groups in total. The molecule has 0 spiro atoms. The smallest absolute Gasteiger partial charge is 0.143 e. The van der Waals surface area contributed by atoms with E-state index in [9.17, 15) is 0 Å². The number of rotatable bonds is 5. The normalized spacial score (nSPS) is 14.4. The van der Waals surface area contributed by atoms with E-state index in [-0.39, 0.29) is 22.3 Å². The molecule has 0 unspecified atom stereocenters. The molecular formula is C50H31NOS. The summed E-state index contributed by atoms with van der Waals surface area (Å²) in [5, 5.41) is 8.33. The first kappa shape index (κ1) is 21.6. The Morgan fingerprint density at radius 1 is 0.434 bits per heavy atom. The summed E-state index contributed by atoms with van der Waals surface area (Å²) in [7, 11) is 0. The number of fused-ring (bicyclic) bond motifs is 10. The van der Waals surface area contributed by atoms with Gasteiger partial charge >= 0.3 is 0 Å². The highest BCUT2D eigenvalue weighted by Gasteiger charge is 2.20. The molecule has 0 aliphatic rings. The number of nitrogens with zero attached hydrogens (tertiary/aromatic N) is 1. The zero-order valence-corrected chi connectivity index (χ0v) is 28.7. The quantitative estimate of drug-likeness (QED) is 0.177. The van der Waals surface area contributed by atoms with Crippen molar-refractivity contribution in [3.63, 3.8) is 0 Å². The minimum absolute atomic E-state index is 0.0946. The first-order valence-corrected chi connectivity index (χ1v) is 18.0. The highest BCUT2D eigenvalue weighted by Crippen LogP contribution is 2.45. The van der Waals surface area contributed by atoms with Crippen LogP contribution in [0.25, 0.3) is 85.9 Å². The monoisotopic (exact) mass is 703 g/mol. The summed E-state index contributed by atoms with van der Waals surface area (Å²) in [6.07, 6.45) is 0. The van der Waals surface area contributed by atoms with Gasteiger partial charge in [0.2, 0.25) is 0 Å². The summed E-state index contributed by atoms with van der Waals surface area (Å²) < 4.78 is 95.5. The lowest BCUT2D eigenvalue weighted by molar-refractivity contribution is 0.672. The molecule has 2 aromatic heterocycles. The van der Waals surface area contributed by atoms with E-state index < -0.39 is 60.4 Å². The van der Waals surface area contributed by atoms with Crippen LogP contribution in [0.4, 0.5) is 17.1 Å². The Kier molecular flexibility index (Phi) is 4.88. The molecule has 53 heavy (non-hydrogen) atoms. The van der Waals surface area contributed by atoms with E-state index in [4.69, 9.17) is 18.1 Å². The van der Waals surface area contributed by atoms with E-state index in [2.05, 4.69) is 48.5 Å². The number of hydrogen-bond acceptors (Lipinski definition) is 3. The van der Waals surface area contributed by atoms with Crippen molar-refractivity contribution in [2.75, 3.05) is 4.90 Å². The number of thiophene rings is 1. The molecule has 2 heterocycles. The van der Waals surface area contributed by atoms with Gasteiger partial charge < -0.3 is 9.32 Å². The van der Waals surface area contributed by atoms with E-state index in [1.54, 1.807) is 23.5 Å². The Balaban J connectivity index is 1.22. The summed E-state index contributed by atoms with van der Waals surface area (Å²) in [5.74, 6) is 0. The molecule has 0 radical (unpaired) electrons. The number of anilines is 3. The van der Waals surface area contributed by atoms with Gasteiger partial charge in [0.15, 0.2) is 0 Å². The Labute approximate surface area is 324 Å². The van der Waals surface area contributed by atoms with Gasteiger partial charge in [0, 0.05) is 59.5 Å². The van der Waals surface area contributed by atoms with Crippen molar-refractivity contribution in [1.82, 2.24) is 0 Å². The van der Waals surface area contributed by atoms with Crippen LogP contribution < -0.4 is 4.90 Å². The average molecular weight is 704 g/mol. The molecule has 11 rings (SSSR count). The first-order chi connectivity index (χ1) is 30.4. The van der Waals surface area contributed by atoms with Crippen molar-refractivity contribution in [3.8, 4) is 22.3 Å². The molecule has 3 heteroatoms. The number of benzene rings is 9. The van der Waals surface area contributed by atoms with Crippen LogP contribution >= 0.6 is 11.3 Å². The second-order valence-corrected chi connectivity index (χ2v) is 14.0. The average Bonchev–Trinajstić information content (AvgIpc) is 3.87. The zero-order chi connectivity index (χ0) is 43.6. The molecule has 9 aromatic carbocycles. The summed E-state index contributed by atoms with van der Waals surface area (Å²) in [6, 6.07) is 36.8. The molecule has 2 nitrogen and oxygen atoms in total. The molecule has 11 aromatic rings. The molecule has 0 aliphatic carbocycles. The Bertz CT molecular complexity index is 3480. The summed E-state index contributed by atoms with van der Waals surface area (Å²) >= 11 is 1.67. The minimum Gasteiger partial charge on any atom is -0.455 e. The highest BCUT2D eigenvalue weighted by molar-refractivity contribution is 7.26. The molecule has 0 aliphatic heterocycles. The summed E-state index contributed by atoms with van der Waals surface area (Å²) in [5.41, 5.74) is 3.37. The topological polar surface area (TPSA) is 16.4 Å². The standard InChI is InChI=1S/C50H31NOS/c1-3-11-32(12-4-1)36-27-37(33-13-5-2-6-14-33)29-40(28-36)51(38-21-25-43-45-23-19-34-15-7-9-17-41(34)49(45)52-47(43)30-38)39-22-26-44-46-24-20-35-16-8-10-18-42(35)50(46)53-48(44)31-39/h1-31H/i1D,2D,3D,4D,5D,6D,11D,12D,13D,14D. The molecule has 0 saturated heterocycles. The van der Waals surface area contributed by atoms with Gasteiger partial charge in [-0.25, -0.2) is 0 Å². The second-order valence-electron chi connectivity index (χ2n) is 13.0. The van der Waals surface area contributed by atoms with E-state index in [1.807, 2.05) is 65.6 Å². The third-order valence-electron chi connectivity index (χ3n) is 9.96. The fraction of sp³-hybridized carbons (Fsp3) is 0. The summed E-state index contributed by atoms with van der Waals surface area (Å²) in [6.45, 7) is 0. The van der Waals surface area contributed by atoms with Crippen LogP contribution in [-0.4, -0.2) is 0 Å². The van der Waals surface area contributed by atoms with Crippen molar-refractivity contribution in [3.05, 3.63) is 188 Å². The van der Waals surface area contributed by atoms with E-state index in [0.717, 1.165) is 58.1 Å². The highest BCUT2D eigenvalue weighted by atomic mass is 32.1. The number of furan rings is 1. The Hall–Kier alpha value is -6.68. The largest absolute Gasteiger partial charge is 0.455 e. The fourth-order valence-corrected chi connectivity index (χ4v) is 8.80. The van der Waals surface area contributed by atoms with Gasteiger partial charge in [0.05, 0.1) is 13.7 Å². The van der Waals surface area contributed by atoms with Gasteiger partial charge in [-0.15, -0.1) is 11.3 Å². The third-order valence-corrected chi connectivity index (χ3v) is 11.2. The van der Waals surface area contributed by atoms with Crippen molar-refractivity contribution in [2.45, 2.75) is 0 Å². The summed E-state index contributed by atoms with van der Waals surface area (Å²) in [4.78, 5) is 1.96. The molecule has 0 fully saturated rings. The first-order valence-electron chi connectivity index (χ1n) is 22.2. The van der Waals surface area contributed by atoms with Gasteiger partial charge in [0.1, 0.15) is 11.2 Å². The van der Waals surface area contributed by atoms with Crippen LogP contribution in [0.5, 0.6) is 0 Å². The SMILES string of the molecule is [2H]c1c([2H])c([2H])c(-c2cc(-c3c([2H])c([2H])c([2H])c([2H])c3[2H])cc(N(c3ccc4c(c3)oc3c5ccccc5ccc43)c3ccc4c(c3)sc3c5ccccc5ccc43)c2)c([2H])c1[2H]. The van der Waals surface area contributed by atoms with Crippen LogP contribution in [0.2, 0.25) is 0 Å². The van der Waals surface area contributed by atoms with Crippen LogP contribution in [-0.2, 0) is 0 Å². The van der Waals surface area contributed by atoms with Crippen LogP contribution in [0.15, 0.2) is 192 Å². The predicted molar refractivity (Wildman–Crippen MR) is 227 cm³/mol. The lowest BCUT2D eigenvalue weighted by Gasteiger charge is -2.27. The predicted octanol–water partition coefficient (Wildman–Crippen LogP) is 15.1. The van der Waals surface area contributed by atoms with Crippen LogP contribution in [0.3, 0.4) is 0 Å². The van der Waals surface area contributed by atoms with E-state index in [0.29, 0.717) is 22.6 Å². The van der Waals surface area contributed by atoms with Crippen molar-refractivity contribution < 1.29 is 18.1 Å². The van der Waals surface area contributed by atoms with Gasteiger partial charge in [-0.2, -0.15) is 0 Å². The lowest BCUT2D eigenvalue weighted by atomic mass is 9.97. The van der Waals surface area contributed by atoms with Gasteiger partial charge in [-0.05, 0) is 86.9 Å². The minimum atomic E-state index is -0.547. The van der Waals surface area contributed by atoms with Gasteiger partial charge in [-0.1, -0.05) is 133 Å². The maximum atomic E-state index is 8.98. The Morgan fingerprint density at radius 3 is 1.74 bits per heavy atom. The van der Waals surface area contributed by atoms with Crippen molar-refractivity contribution in [1.29, 1.82) is 0 Å². The maximum Gasteiger partial charge on any atom is 0.143 e.